The second-order valence-electron chi connectivity index (χ2n) is 11.8. The molecule has 0 bridgehead atoms. The van der Waals surface area contributed by atoms with Crippen LogP contribution in [-0.4, -0.2) is 52.0 Å². The predicted molar refractivity (Wildman–Crippen MR) is 163 cm³/mol. The number of hydrogen-bond acceptors (Lipinski definition) is 4. The van der Waals surface area contributed by atoms with E-state index in [2.05, 4.69) is 20.9 Å². The van der Waals surface area contributed by atoms with E-state index in [0.717, 1.165) is 68.2 Å². The Morgan fingerprint density at radius 2 is 1.61 bits per heavy atom. The van der Waals surface area contributed by atoms with Crippen LogP contribution in [0.4, 0.5) is 0 Å². The van der Waals surface area contributed by atoms with Crippen molar-refractivity contribution in [3.63, 3.8) is 0 Å². The first-order valence-corrected chi connectivity index (χ1v) is 15.8. The molecule has 0 radical (unpaired) electrons. The number of rotatable bonds is 12. The van der Waals surface area contributed by atoms with Crippen LogP contribution in [0, 0.1) is 0 Å². The maximum Gasteiger partial charge on any atom is 0.251 e. The zero-order valence-electron chi connectivity index (χ0n) is 24.7. The van der Waals surface area contributed by atoms with E-state index in [0.29, 0.717) is 36.5 Å². The topological polar surface area (TPSA) is 76.5 Å². The van der Waals surface area contributed by atoms with Crippen molar-refractivity contribution in [3.8, 4) is 5.75 Å². The summed E-state index contributed by atoms with van der Waals surface area (Å²) in [5.74, 6) is 1.87. The van der Waals surface area contributed by atoms with E-state index in [4.69, 9.17) is 9.72 Å². The van der Waals surface area contributed by atoms with Crippen molar-refractivity contribution >= 4 is 22.8 Å². The maximum absolute atomic E-state index is 14.1. The fourth-order valence-corrected chi connectivity index (χ4v) is 6.79. The number of nitrogens with one attached hydrogen (secondary N) is 1. The SMILES string of the molecule is COc1cccc(C(=O)NCCCCCc2nc3ccccc3n2CC(=O)N(C2CCCCC2)C2CCCCC2)c1. The minimum atomic E-state index is -0.0790. The van der Waals surface area contributed by atoms with Crippen LogP contribution in [0.1, 0.15) is 99.7 Å². The van der Waals surface area contributed by atoms with Crippen LogP contribution in [0.3, 0.4) is 0 Å². The molecule has 1 aromatic heterocycles. The maximum atomic E-state index is 14.1. The normalized spacial score (nSPS) is 16.5. The Labute approximate surface area is 244 Å². The molecule has 1 heterocycles. The van der Waals surface area contributed by atoms with Gasteiger partial charge in [-0.2, -0.15) is 0 Å². The zero-order chi connectivity index (χ0) is 28.4. The average molecular weight is 559 g/mol. The summed E-state index contributed by atoms with van der Waals surface area (Å²) in [5, 5.41) is 3.02. The minimum absolute atomic E-state index is 0.0790. The summed E-state index contributed by atoms with van der Waals surface area (Å²) in [6.07, 6.45) is 15.8. The standard InChI is InChI=1S/C34H46N4O3/c1-41-29-19-13-14-26(24-29)34(40)35-23-12-4-9-22-32-36-30-20-10-11-21-31(30)37(32)25-33(39)38(27-15-5-2-6-16-27)28-17-7-3-8-18-28/h10-11,13-14,19-21,24,27-28H,2-9,12,15-18,22-23,25H2,1H3,(H,35,40). The number of benzene rings is 2. The number of amides is 2. The van der Waals surface area contributed by atoms with E-state index in [9.17, 15) is 9.59 Å². The smallest absolute Gasteiger partial charge is 0.251 e. The molecule has 7 nitrogen and oxygen atoms in total. The van der Waals surface area contributed by atoms with Gasteiger partial charge in [0.25, 0.3) is 5.91 Å². The molecule has 2 aromatic carbocycles. The fraction of sp³-hybridized carbons (Fsp3) is 0.559. The Bertz CT molecular complexity index is 1270. The minimum Gasteiger partial charge on any atom is -0.497 e. The highest BCUT2D eigenvalue weighted by atomic mass is 16.5. The van der Waals surface area contributed by atoms with Gasteiger partial charge < -0.3 is 19.5 Å². The van der Waals surface area contributed by atoms with Crippen molar-refractivity contribution < 1.29 is 14.3 Å². The van der Waals surface area contributed by atoms with E-state index in [1.807, 2.05) is 30.3 Å². The Morgan fingerprint density at radius 3 is 2.32 bits per heavy atom. The fourth-order valence-electron chi connectivity index (χ4n) is 6.79. The number of imidazole rings is 1. The zero-order valence-corrected chi connectivity index (χ0v) is 24.7. The van der Waals surface area contributed by atoms with Crippen molar-refractivity contribution in [2.45, 2.75) is 109 Å². The number of aryl methyl sites for hydroxylation is 1. The number of carbonyl (C=O) groups excluding carboxylic acids is 2. The van der Waals surface area contributed by atoms with Crippen molar-refractivity contribution in [2.24, 2.45) is 0 Å². The highest BCUT2D eigenvalue weighted by Crippen LogP contribution is 2.31. The van der Waals surface area contributed by atoms with E-state index in [1.165, 1.54) is 38.5 Å². The molecule has 41 heavy (non-hydrogen) atoms. The molecular weight excluding hydrogens is 512 g/mol. The van der Waals surface area contributed by atoms with Crippen LogP contribution in [0.2, 0.25) is 0 Å². The summed E-state index contributed by atoms with van der Waals surface area (Å²) in [4.78, 5) is 33.8. The number of ether oxygens (including phenoxy) is 1. The van der Waals surface area contributed by atoms with Crippen LogP contribution >= 0.6 is 0 Å². The van der Waals surface area contributed by atoms with Crippen LogP contribution in [0.5, 0.6) is 5.75 Å². The molecule has 220 valence electrons. The van der Waals surface area contributed by atoms with E-state index in [1.54, 1.807) is 19.2 Å². The molecule has 0 aliphatic heterocycles. The van der Waals surface area contributed by atoms with E-state index < -0.39 is 0 Å². The first-order valence-electron chi connectivity index (χ1n) is 15.8. The highest BCUT2D eigenvalue weighted by molar-refractivity contribution is 5.94. The molecule has 3 aromatic rings. The average Bonchev–Trinajstić information content (AvgIpc) is 3.36. The van der Waals surface area contributed by atoms with Gasteiger partial charge in [0.1, 0.15) is 18.1 Å². The summed E-state index contributed by atoms with van der Waals surface area (Å²) in [5.41, 5.74) is 2.62. The third-order valence-corrected chi connectivity index (χ3v) is 8.95. The number of nitrogens with zero attached hydrogens (tertiary/aromatic N) is 3. The van der Waals surface area contributed by atoms with Gasteiger partial charge in [0.15, 0.2) is 0 Å². The van der Waals surface area contributed by atoms with Crippen LogP contribution in [0.15, 0.2) is 48.5 Å². The van der Waals surface area contributed by atoms with E-state index in [-0.39, 0.29) is 11.8 Å². The Balaban J connectivity index is 1.20. The number of carbonyl (C=O) groups is 2. The van der Waals surface area contributed by atoms with Gasteiger partial charge in [-0.25, -0.2) is 4.98 Å². The lowest BCUT2D eigenvalue weighted by Gasteiger charge is -2.42. The predicted octanol–water partition coefficient (Wildman–Crippen LogP) is 6.68. The molecule has 0 saturated heterocycles. The lowest BCUT2D eigenvalue weighted by molar-refractivity contribution is -0.138. The number of fused-ring (bicyclic) bond motifs is 1. The van der Waals surface area contributed by atoms with Gasteiger partial charge in [-0.1, -0.05) is 63.1 Å². The van der Waals surface area contributed by atoms with Gasteiger partial charge in [0.05, 0.1) is 18.1 Å². The quantitative estimate of drug-likeness (QED) is 0.252. The highest BCUT2D eigenvalue weighted by Gasteiger charge is 2.33. The Kier molecular flexibility index (Phi) is 10.3. The third kappa shape index (κ3) is 7.49. The van der Waals surface area contributed by atoms with Crippen molar-refractivity contribution in [2.75, 3.05) is 13.7 Å². The summed E-state index contributed by atoms with van der Waals surface area (Å²) >= 11 is 0. The number of aromatic nitrogens is 2. The Morgan fingerprint density at radius 1 is 0.902 bits per heavy atom. The number of hydrogen-bond donors (Lipinski definition) is 1. The molecule has 1 N–H and O–H groups in total. The first kappa shape index (κ1) is 29.2. The number of methoxy groups -OCH3 is 1. The monoisotopic (exact) mass is 558 g/mol. The third-order valence-electron chi connectivity index (χ3n) is 8.95. The largest absolute Gasteiger partial charge is 0.497 e. The van der Waals surface area contributed by atoms with Gasteiger partial charge >= 0.3 is 0 Å². The molecule has 2 fully saturated rings. The molecule has 0 unspecified atom stereocenters. The van der Waals surface area contributed by atoms with Crippen LogP contribution < -0.4 is 10.1 Å². The molecule has 0 atom stereocenters. The second kappa shape index (κ2) is 14.5. The van der Waals surface area contributed by atoms with Gasteiger partial charge in [-0.3, -0.25) is 9.59 Å². The summed E-state index contributed by atoms with van der Waals surface area (Å²) < 4.78 is 7.40. The molecule has 2 saturated carbocycles. The summed E-state index contributed by atoms with van der Waals surface area (Å²) in [6.45, 7) is 1.00. The van der Waals surface area contributed by atoms with Crippen molar-refractivity contribution in [1.82, 2.24) is 19.8 Å². The van der Waals surface area contributed by atoms with E-state index >= 15 is 0 Å². The molecule has 5 rings (SSSR count). The van der Waals surface area contributed by atoms with Gasteiger partial charge in [-0.15, -0.1) is 0 Å². The second-order valence-corrected chi connectivity index (χ2v) is 11.8. The molecule has 0 spiro atoms. The van der Waals surface area contributed by atoms with Gasteiger partial charge in [0, 0.05) is 30.6 Å². The molecular formula is C34H46N4O3. The van der Waals surface area contributed by atoms with Gasteiger partial charge in [0.2, 0.25) is 5.91 Å². The summed E-state index contributed by atoms with van der Waals surface area (Å²) in [6, 6.07) is 16.2. The van der Waals surface area contributed by atoms with Gasteiger partial charge in [-0.05, 0) is 68.9 Å². The number of unbranched alkanes of at least 4 members (excludes halogenated alkanes) is 2. The van der Waals surface area contributed by atoms with Crippen molar-refractivity contribution in [1.29, 1.82) is 0 Å². The lowest BCUT2D eigenvalue weighted by atomic mass is 9.88. The van der Waals surface area contributed by atoms with Crippen LogP contribution in [0.25, 0.3) is 11.0 Å². The lowest BCUT2D eigenvalue weighted by Crippen LogP contribution is -2.50. The first-order chi connectivity index (χ1) is 20.1. The van der Waals surface area contributed by atoms with Crippen LogP contribution in [-0.2, 0) is 17.8 Å². The molecule has 7 heteroatoms. The summed E-state index contributed by atoms with van der Waals surface area (Å²) in [7, 11) is 1.60. The molecule has 2 amide bonds. The Hall–Kier alpha value is -3.35. The van der Waals surface area contributed by atoms with Crippen molar-refractivity contribution in [3.05, 3.63) is 59.9 Å². The molecule has 2 aliphatic rings. The molecule has 2 aliphatic carbocycles. The number of para-hydroxylation sites is 2.